The van der Waals surface area contributed by atoms with Crippen LogP contribution < -0.4 is 10.2 Å². The van der Waals surface area contributed by atoms with Crippen LogP contribution in [0.3, 0.4) is 0 Å². The summed E-state index contributed by atoms with van der Waals surface area (Å²) in [7, 11) is 4.17. The molecule has 1 unspecified atom stereocenters. The molecule has 2 aromatic rings. The van der Waals surface area contributed by atoms with Gasteiger partial charge in [-0.1, -0.05) is 41.9 Å². The molecule has 1 aromatic carbocycles. The van der Waals surface area contributed by atoms with Crippen molar-refractivity contribution in [3.63, 3.8) is 0 Å². The predicted octanol–water partition coefficient (Wildman–Crippen LogP) is 4.42. The van der Waals surface area contributed by atoms with E-state index >= 15 is 0 Å². The van der Waals surface area contributed by atoms with Gasteiger partial charge in [0, 0.05) is 24.8 Å². The molecule has 1 saturated heterocycles. The molecular weight excluding hydrogens is 379 g/mol. The lowest BCUT2D eigenvalue weighted by atomic mass is 9.80. The topological polar surface area (TPSA) is 48.5 Å². The lowest BCUT2D eigenvalue weighted by Crippen LogP contribution is -2.48. The Bertz CT molecular complexity index is 817. The smallest absolute Gasteiger partial charge is 0.323 e. The molecule has 3 rings (SSSR count). The number of carbonyl (C=O) groups excluding carboxylic acids is 1. The maximum absolute atomic E-state index is 14.3. The molecule has 28 heavy (non-hydrogen) atoms. The van der Waals surface area contributed by atoms with Gasteiger partial charge in [0.25, 0.3) is 0 Å². The summed E-state index contributed by atoms with van der Waals surface area (Å²) in [6.45, 7) is 0.882. The molecule has 5 nitrogen and oxygen atoms in total. The zero-order valence-electron chi connectivity index (χ0n) is 16.3. The van der Waals surface area contributed by atoms with Gasteiger partial charge in [0.15, 0.2) is 11.6 Å². The van der Waals surface area contributed by atoms with E-state index in [0.29, 0.717) is 13.1 Å². The molecule has 0 aliphatic carbocycles. The number of urea groups is 1. The van der Waals surface area contributed by atoms with E-state index in [1.165, 1.54) is 22.7 Å². The highest BCUT2D eigenvalue weighted by Crippen LogP contribution is 2.36. The number of pyridine rings is 1. The molecule has 0 spiro atoms. The number of halogens is 2. The molecule has 1 atom stereocenters. The average molecular weight is 405 g/mol. The third-order valence-electron chi connectivity index (χ3n) is 5.49. The van der Waals surface area contributed by atoms with Gasteiger partial charge in [0.1, 0.15) is 0 Å². The Hall–Kier alpha value is -2.18. The van der Waals surface area contributed by atoms with E-state index in [1.807, 2.05) is 6.07 Å². The number of rotatable bonds is 3. The Morgan fingerprint density at radius 2 is 1.96 bits per heavy atom. The van der Waals surface area contributed by atoms with Crippen molar-refractivity contribution < 1.29 is 9.18 Å². The van der Waals surface area contributed by atoms with Crippen LogP contribution in [-0.2, 0) is 5.54 Å². The summed E-state index contributed by atoms with van der Waals surface area (Å²) in [5, 5.41) is 3.15. The summed E-state index contributed by atoms with van der Waals surface area (Å²) in [4.78, 5) is 20.4. The third kappa shape index (κ3) is 4.28. The summed E-state index contributed by atoms with van der Waals surface area (Å²) in [6, 6.07) is 11.3. The fraction of sp³-hybridized carbons (Fsp3) is 0.429. The minimum absolute atomic E-state index is 0.0180. The number of carbonyl (C=O) groups is 1. The Kier molecular flexibility index (Phi) is 6.52. The van der Waals surface area contributed by atoms with Gasteiger partial charge >= 0.3 is 6.03 Å². The summed E-state index contributed by atoms with van der Waals surface area (Å²) < 4.78 is 14.3. The largest absolute Gasteiger partial charge is 0.338 e. The van der Waals surface area contributed by atoms with E-state index in [4.69, 9.17) is 11.6 Å². The summed E-state index contributed by atoms with van der Waals surface area (Å²) >= 11 is 5.79. The van der Waals surface area contributed by atoms with Crippen molar-refractivity contribution in [3.8, 4) is 0 Å². The van der Waals surface area contributed by atoms with Gasteiger partial charge in [0.2, 0.25) is 0 Å². The molecule has 1 fully saturated rings. The number of nitrogens with one attached hydrogen (secondary N) is 1. The van der Waals surface area contributed by atoms with E-state index in [1.54, 1.807) is 0 Å². The first-order chi connectivity index (χ1) is 13.4. The van der Waals surface area contributed by atoms with Crippen LogP contribution in [-0.4, -0.2) is 43.1 Å². The molecule has 1 aromatic heterocycles. The van der Waals surface area contributed by atoms with Crippen LogP contribution in [0.4, 0.5) is 15.0 Å². The van der Waals surface area contributed by atoms with Crippen LogP contribution in [0.1, 0.15) is 31.2 Å². The third-order valence-corrected chi connectivity index (χ3v) is 5.70. The molecular formula is C21H26ClFN4O. The molecule has 1 aliphatic heterocycles. The number of hydrogen-bond donors (Lipinski definition) is 1. The number of hydrogen-bond acceptors (Lipinski definition) is 3. The second-order valence-electron chi connectivity index (χ2n) is 7.34. The van der Waals surface area contributed by atoms with E-state index in [0.717, 1.165) is 25.7 Å². The van der Waals surface area contributed by atoms with E-state index < -0.39 is 5.82 Å². The highest BCUT2D eigenvalue weighted by molar-refractivity contribution is 6.30. The Morgan fingerprint density at radius 1 is 1.21 bits per heavy atom. The Morgan fingerprint density at radius 3 is 2.64 bits per heavy atom. The lowest BCUT2D eigenvalue weighted by Gasteiger charge is -2.42. The highest BCUT2D eigenvalue weighted by Gasteiger charge is 2.35. The Balaban J connectivity index is 1.82. The molecule has 1 N–H and O–H groups in total. The van der Waals surface area contributed by atoms with Crippen molar-refractivity contribution in [3.05, 3.63) is 59.0 Å². The lowest BCUT2D eigenvalue weighted by molar-refractivity contribution is 0.121. The van der Waals surface area contributed by atoms with Crippen LogP contribution in [0.5, 0.6) is 0 Å². The average Bonchev–Trinajstić information content (AvgIpc) is 2.68. The van der Waals surface area contributed by atoms with Gasteiger partial charge in [-0.05, 0) is 51.4 Å². The SMILES string of the molecule is CN(C)C1(c2ccccc2)CCCCN(c2ncc(Cl)cc2F)C(=O)NCC1. The fourth-order valence-electron chi connectivity index (χ4n) is 3.94. The second kappa shape index (κ2) is 8.88. The number of amides is 2. The van der Waals surface area contributed by atoms with Crippen LogP contribution >= 0.6 is 11.6 Å². The minimum atomic E-state index is -0.591. The first-order valence-corrected chi connectivity index (χ1v) is 9.91. The molecule has 0 saturated carbocycles. The van der Waals surface area contributed by atoms with Gasteiger partial charge in [-0.25, -0.2) is 14.2 Å². The molecule has 0 bridgehead atoms. The van der Waals surface area contributed by atoms with Crippen molar-refractivity contribution in [2.24, 2.45) is 0 Å². The zero-order chi connectivity index (χ0) is 20.1. The number of benzene rings is 1. The molecule has 2 amide bonds. The van der Waals surface area contributed by atoms with Gasteiger partial charge in [-0.15, -0.1) is 0 Å². The van der Waals surface area contributed by atoms with Crippen LogP contribution in [0.2, 0.25) is 5.02 Å². The van der Waals surface area contributed by atoms with Gasteiger partial charge < -0.3 is 5.32 Å². The molecule has 0 radical (unpaired) electrons. The first-order valence-electron chi connectivity index (χ1n) is 9.53. The minimum Gasteiger partial charge on any atom is -0.338 e. The maximum atomic E-state index is 14.3. The fourth-order valence-corrected chi connectivity index (χ4v) is 4.08. The van der Waals surface area contributed by atoms with Gasteiger partial charge in [-0.2, -0.15) is 0 Å². The summed E-state index contributed by atoms with van der Waals surface area (Å²) in [6.07, 6.45) is 4.73. The van der Waals surface area contributed by atoms with E-state index in [9.17, 15) is 9.18 Å². The normalized spacial score (nSPS) is 21.5. The molecule has 150 valence electrons. The second-order valence-corrected chi connectivity index (χ2v) is 7.78. The van der Waals surface area contributed by atoms with Crippen molar-refractivity contribution in [1.82, 2.24) is 15.2 Å². The van der Waals surface area contributed by atoms with Crippen molar-refractivity contribution in [2.45, 2.75) is 31.2 Å². The van der Waals surface area contributed by atoms with Crippen LogP contribution in [0.25, 0.3) is 0 Å². The summed E-state index contributed by atoms with van der Waals surface area (Å²) in [5.74, 6) is -0.573. The van der Waals surface area contributed by atoms with Crippen molar-refractivity contribution in [1.29, 1.82) is 0 Å². The quantitative estimate of drug-likeness (QED) is 0.823. The number of nitrogens with zero attached hydrogens (tertiary/aromatic N) is 3. The van der Waals surface area contributed by atoms with Crippen LogP contribution in [0, 0.1) is 5.82 Å². The maximum Gasteiger partial charge on any atom is 0.323 e. The van der Waals surface area contributed by atoms with Crippen LogP contribution in [0.15, 0.2) is 42.6 Å². The monoisotopic (exact) mass is 404 g/mol. The van der Waals surface area contributed by atoms with Crippen molar-refractivity contribution >= 4 is 23.4 Å². The van der Waals surface area contributed by atoms with E-state index in [2.05, 4.69) is 53.6 Å². The standard InChI is InChI=1S/C21H26ClFN4O/c1-26(2)21(16-8-4-3-5-9-16)10-6-7-13-27(20(28)24-12-11-21)19-18(23)14-17(22)15-25-19/h3-5,8-9,14-15H,6-7,10-13H2,1-2H3,(H,24,28). The van der Waals surface area contributed by atoms with Crippen molar-refractivity contribution in [2.75, 3.05) is 32.1 Å². The molecule has 7 heteroatoms. The molecule has 2 heterocycles. The first kappa shape index (κ1) is 20.6. The van der Waals surface area contributed by atoms with Gasteiger partial charge in [0.05, 0.1) is 5.02 Å². The van der Waals surface area contributed by atoms with E-state index in [-0.39, 0.29) is 22.4 Å². The summed E-state index contributed by atoms with van der Waals surface area (Å²) in [5.41, 5.74) is 1.10. The predicted molar refractivity (Wildman–Crippen MR) is 110 cm³/mol. The number of anilines is 1. The highest BCUT2D eigenvalue weighted by atomic mass is 35.5. The zero-order valence-corrected chi connectivity index (χ0v) is 17.0. The number of aromatic nitrogens is 1. The van der Waals surface area contributed by atoms with Gasteiger partial charge in [-0.3, -0.25) is 9.80 Å². The molecule has 1 aliphatic rings. The Labute approximate surface area is 170 Å².